The van der Waals surface area contributed by atoms with Crippen LogP contribution in [0.15, 0.2) is 0 Å². The van der Waals surface area contributed by atoms with Gasteiger partial charge in [-0.05, 0) is 38.8 Å². The van der Waals surface area contributed by atoms with Gasteiger partial charge in [-0.25, -0.2) is 0 Å². The molecule has 1 saturated carbocycles. The molecule has 0 aromatic carbocycles. The Kier molecular flexibility index (Phi) is 6.22. The Labute approximate surface area is 94.2 Å². The predicted molar refractivity (Wildman–Crippen MR) is 64.2 cm³/mol. The van der Waals surface area contributed by atoms with Crippen LogP contribution in [0.5, 0.6) is 0 Å². The third kappa shape index (κ3) is 4.96. The summed E-state index contributed by atoms with van der Waals surface area (Å²) in [4.78, 5) is 2.59. The minimum absolute atomic E-state index is 0.542. The number of nitrogens with one attached hydrogen (secondary N) is 1. The Bertz CT molecular complexity index is 154. The lowest BCUT2D eigenvalue weighted by Gasteiger charge is -2.31. The first-order chi connectivity index (χ1) is 7.31. The topological polar surface area (TPSA) is 24.5 Å². The van der Waals surface area contributed by atoms with Crippen molar-refractivity contribution in [1.82, 2.24) is 10.2 Å². The quantitative estimate of drug-likeness (QED) is 0.627. The van der Waals surface area contributed by atoms with Crippen LogP contribution < -0.4 is 5.32 Å². The van der Waals surface area contributed by atoms with Crippen LogP contribution in [0.1, 0.15) is 26.2 Å². The zero-order chi connectivity index (χ0) is 11.1. The van der Waals surface area contributed by atoms with Crippen LogP contribution in [-0.2, 0) is 4.74 Å². The second-order valence-electron chi connectivity index (χ2n) is 4.61. The van der Waals surface area contributed by atoms with E-state index in [1.807, 2.05) is 7.05 Å². The lowest BCUT2D eigenvalue weighted by atomic mass is 10.2. The Morgan fingerprint density at radius 3 is 2.67 bits per heavy atom. The zero-order valence-corrected chi connectivity index (χ0v) is 10.5. The molecule has 0 saturated heterocycles. The molecule has 0 aromatic heterocycles. The van der Waals surface area contributed by atoms with Crippen molar-refractivity contribution in [2.75, 3.05) is 40.4 Å². The van der Waals surface area contributed by atoms with Gasteiger partial charge in [0.2, 0.25) is 0 Å². The molecule has 3 heteroatoms. The SMILES string of the molecule is CCCN(CC1CC1)C(CNC)COC. The minimum Gasteiger partial charge on any atom is -0.383 e. The summed E-state index contributed by atoms with van der Waals surface area (Å²) in [7, 11) is 3.81. The summed E-state index contributed by atoms with van der Waals surface area (Å²) in [5.41, 5.74) is 0. The molecule has 0 heterocycles. The van der Waals surface area contributed by atoms with Crippen molar-refractivity contribution >= 4 is 0 Å². The molecule has 1 N–H and O–H groups in total. The molecular weight excluding hydrogens is 188 g/mol. The van der Waals surface area contributed by atoms with Crippen molar-refractivity contribution in [2.24, 2.45) is 5.92 Å². The number of hydrogen-bond donors (Lipinski definition) is 1. The summed E-state index contributed by atoms with van der Waals surface area (Å²) < 4.78 is 5.30. The highest BCUT2D eigenvalue weighted by atomic mass is 16.5. The van der Waals surface area contributed by atoms with E-state index in [1.165, 1.54) is 32.4 Å². The maximum atomic E-state index is 5.30. The fourth-order valence-electron chi connectivity index (χ4n) is 2.06. The standard InChI is InChI=1S/C12H26N2O/c1-4-7-14(9-11-5-6-11)12(8-13-2)10-15-3/h11-13H,4-10H2,1-3H3. The van der Waals surface area contributed by atoms with Crippen molar-refractivity contribution in [3.63, 3.8) is 0 Å². The summed E-state index contributed by atoms with van der Waals surface area (Å²) in [6, 6.07) is 0.542. The molecule has 1 aliphatic rings. The third-order valence-corrected chi connectivity index (χ3v) is 3.02. The molecule has 1 aliphatic carbocycles. The van der Waals surface area contributed by atoms with Crippen LogP contribution >= 0.6 is 0 Å². The second-order valence-corrected chi connectivity index (χ2v) is 4.61. The second kappa shape index (κ2) is 7.20. The van der Waals surface area contributed by atoms with E-state index in [9.17, 15) is 0 Å². The largest absolute Gasteiger partial charge is 0.383 e. The Hall–Kier alpha value is -0.120. The Balaban J connectivity index is 2.38. The van der Waals surface area contributed by atoms with Gasteiger partial charge in [0.25, 0.3) is 0 Å². The molecule has 90 valence electrons. The maximum Gasteiger partial charge on any atom is 0.0630 e. The predicted octanol–water partition coefficient (Wildman–Crippen LogP) is 1.34. The molecule has 1 atom stereocenters. The molecule has 1 fully saturated rings. The maximum absolute atomic E-state index is 5.30. The highest BCUT2D eigenvalue weighted by molar-refractivity contribution is 4.81. The Morgan fingerprint density at radius 2 is 2.20 bits per heavy atom. The van der Waals surface area contributed by atoms with E-state index in [0.717, 1.165) is 19.1 Å². The van der Waals surface area contributed by atoms with Gasteiger partial charge in [0.1, 0.15) is 0 Å². The summed E-state index contributed by atoms with van der Waals surface area (Å²) in [6.45, 7) is 6.59. The first-order valence-corrected chi connectivity index (χ1v) is 6.19. The van der Waals surface area contributed by atoms with Gasteiger partial charge >= 0.3 is 0 Å². The van der Waals surface area contributed by atoms with Gasteiger partial charge in [-0.3, -0.25) is 4.90 Å². The van der Waals surface area contributed by atoms with E-state index in [4.69, 9.17) is 4.74 Å². The zero-order valence-electron chi connectivity index (χ0n) is 10.5. The van der Waals surface area contributed by atoms with Crippen LogP contribution in [0.2, 0.25) is 0 Å². The van der Waals surface area contributed by atoms with Gasteiger partial charge in [0.15, 0.2) is 0 Å². The smallest absolute Gasteiger partial charge is 0.0630 e. The summed E-state index contributed by atoms with van der Waals surface area (Å²) in [5, 5.41) is 3.26. The number of likely N-dealkylation sites (N-methyl/N-ethyl adjacent to an activating group) is 1. The fraction of sp³-hybridized carbons (Fsp3) is 1.00. The fourth-order valence-corrected chi connectivity index (χ4v) is 2.06. The summed E-state index contributed by atoms with van der Waals surface area (Å²) in [5.74, 6) is 0.966. The Morgan fingerprint density at radius 1 is 1.47 bits per heavy atom. The van der Waals surface area contributed by atoms with Crippen LogP contribution in [0.4, 0.5) is 0 Å². The van der Waals surface area contributed by atoms with E-state index in [-0.39, 0.29) is 0 Å². The molecule has 1 unspecified atom stereocenters. The molecule has 0 amide bonds. The molecule has 0 aliphatic heterocycles. The van der Waals surface area contributed by atoms with Crippen LogP contribution in [0.25, 0.3) is 0 Å². The van der Waals surface area contributed by atoms with Crippen LogP contribution in [0.3, 0.4) is 0 Å². The van der Waals surface area contributed by atoms with Gasteiger partial charge in [-0.15, -0.1) is 0 Å². The van der Waals surface area contributed by atoms with Gasteiger partial charge < -0.3 is 10.1 Å². The van der Waals surface area contributed by atoms with Crippen molar-refractivity contribution in [3.05, 3.63) is 0 Å². The van der Waals surface area contributed by atoms with Crippen molar-refractivity contribution in [1.29, 1.82) is 0 Å². The summed E-state index contributed by atoms with van der Waals surface area (Å²) >= 11 is 0. The third-order valence-electron chi connectivity index (χ3n) is 3.02. The number of ether oxygens (including phenoxy) is 1. The lowest BCUT2D eigenvalue weighted by Crippen LogP contribution is -2.45. The van der Waals surface area contributed by atoms with E-state index >= 15 is 0 Å². The molecule has 0 aromatic rings. The minimum atomic E-state index is 0.542. The van der Waals surface area contributed by atoms with E-state index in [1.54, 1.807) is 7.11 Å². The highest BCUT2D eigenvalue weighted by Gasteiger charge is 2.27. The van der Waals surface area contributed by atoms with Crippen LogP contribution in [0, 0.1) is 5.92 Å². The molecule has 1 rings (SSSR count). The molecule has 3 nitrogen and oxygen atoms in total. The van der Waals surface area contributed by atoms with Crippen molar-refractivity contribution in [3.8, 4) is 0 Å². The van der Waals surface area contributed by atoms with E-state index < -0.39 is 0 Å². The molecule has 0 spiro atoms. The first-order valence-electron chi connectivity index (χ1n) is 6.19. The molecule has 0 bridgehead atoms. The number of hydrogen-bond acceptors (Lipinski definition) is 3. The number of methoxy groups -OCH3 is 1. The molecule has 15 heavy (non-hydrogen) atoms. The van der Waals surface area contributed by atoms with Gasteiger partial charge in [0.05, 0.1) is 6.61 Å². The van der Waals surface area contributed by atoms with Crippen LogP contribution in [-0.4, -0.2) is 51.3 Å². The average Bonchev–Trinajstić information content (AvgIpc) is 3.01. The van der Waals surface area contributed by atoms with Gasteiger partial charge in [0, 0.05) is 26.2 Å². The van der Waals surface area contributed by atoms with Gasteiger partial charge in [-0.1, -0.05) is 6.92 Å². The van der Waals surface area contributed by atoms with E-state index in [2.05, 4.69) is 17.1 Å². The molecular formula is C12H26N2O. The average molecular weight is 214 g/mol. The normalized spacial score (nSPS) is 18.4. The number of rotatable bonds is 9. The highest BCUT2D eigenvalue weighted by Crippen LogP contribution is 2.30. The van der Waals surface area contributed by atoms with Crippen molar-refractivity contribution < 1.29 is 4.74 Å². The number of nitrogens with zero attached hydrogens (tertiary/aromatic N) is 1. The monoisotopic (exact) mass is 214 g/mol. The molecule has 0 radical (unpaired) electrons. The van der Waals surface area contributed by atoms with Crippen molar-refractivity contribution in [2.45, 2.75) is 32.2 Å². The first kappa shape index (κ1) is 12.9. The lowest BCUT2D eigenvalue weighted by molar-refractivity contribution is 0.0868. The summed E-state index contributed by atoms with van der Waals surface area (Å²) in [6.07, 6.45) is 4.09. The van der Waals surface area contributed by atoms with E-state index in [0.29, 0.717) is 6.04 Å². The van der Waals surface area contributed by atoms with Gasteiger partial charge in [-0.2, -0.15) is 0 Å².